The lowest BCUT2D eigenvalue weighted by Gasteiger charge is -2.07. The van der Waals surface area contributed by atoms with Crippen LogP contribution in [-0.2, 0) is 0 Å². The first kappa shape index (κ1) is 15.3. The van der Waals surface area contributed by atoms with E-state index < -0.39 is 11.9 Å². The van der Waals surface area contributed by atoms with Gasteiger partial charge in [-0.1, -0.05) is 11.6 Å². The van der Waals surface area contributed by atoms with Crippen LogP contribution in [0.3, 0.4) is 0 Å². The number of hydrogen-bond donors (Lipinski definition) is 2. The van der Waals surface area contributed by atoms with E-state index in [1.165, 1.54) is 12.4 Å². The van der Waals surface area contributed by atoms with Gasteiger partial charge in [-0.05, 0) is 24.3 Å². The third kappa shape index (κ3) is 2.84. The number of halogens is 1. The van der Waals surface area contributed by atoms with Crippen LogP contribution in [0.4, 0.5) is 0 Å². The number of aromatic nitrogens is 1. The average molecular weight is 349 g/mol. The number of ether oxygens (including phenoxy) is 1. The van der Waals surface area contributed by atoms with Gasteiger partial charge in [-0.2, -0.15) is 0 Å². The molecule has 0 bridgehead atoms. The van der Waals surface area contributed by atoms with Gasteiger partial charge in [0, 0.05) is 11.2 Å². The van der Waals surface area contributed by atoms with Gasteiger partial charge in [0.2, 0.25) is 0 Å². The molecule has 23 heavy (non-hydrogen) atoms. The molecular weight excluding hydrogens is 340 g/mol. The maximum absolute atomic E-state index is 11.6. The lowest BCUT2D eigenvalue weighted by atomic mass is 10.1. The van der Waals surface area contributed by atoms with Gasteiger partial charge in [0.15, 0.2) is 5.75 Å². The first-order chi connectivity index (χ1) is 11.0. The maximum Gasteiger partial charge on any atom is 0.338 e. The number of nitrogens with two attached hydrogens (primary N) is 1. The highest BCUT2D eigenvalue weighted by Gasteiger charge is 2.25. The lowest BCUT2D eigenvalue weighted by molar-refractivity contribution is 0.0695. The van der Waals surface area contributed by atoms with Crippen molar-refractivity contribution in [3.8, 4) is 11.5 Å². The van der Waals surface area contributed by atoms with Crippen LogP contribution in [0.2, 0.25) is 5.02 Å². The molecule has 0 unspecified atom stereocenters. The number of primary amides is 1. The molecule has 0 aliphatic heterocycles. The molecule has 2 aromatic heterocycles. The molecule has 0 aliphatic carbocycles. The molecule has 8 heteroatoms. The predicted octanol–water partition coefficient (Wildman–Crippen LogP) is 3.54. The van der Waals surface area contributed by atoms with Crippen molar-refractivity contribution in [2.24, 2.45) is 5.73 Å². The Labute approximate surface area is 139 Å². The number of aromatic carboxylic acids is 1. The lowest BCUT2D eigenvalue weighted by Crippen LogP contribution is -2.13. The summed E-state index contributed by atoms with van der Waals surface area (Å²) in [6.45, 7) is 0. The third-order valence-corrected chi connectivity index (χ3v) is 4.44. The van der Waals surface area contributed by atoms with Crippen LogP contribution < -0.4 is 10.5 Å². The van der Waals surface area contributed by atoms with Crippen molar-refractivity contribution in [2.75, 3.05) is 0 Å². The largest absolute Gasteiger partial charge is 0.478 e. The molecule has 6 nitrogen and oxygen atoms in total. The molecule has 3 rings (SSSR count). The van der Waals surface area contributed by atoms with E-state index in [2.05, 4.69) is 4.98 Å². The molecular formula is C15H9ClN2O4S. The summed E-state index contributed by atoms with van der Waals surface area (Å²) in [5.41, 5.74) is 5.09. The second-order valence-corrected chi connectivity index (χ2v) is 6.03. The number of fused-ring (bicyclic) bond motifs is 1. The molecule has 0 atom stereocenters. The van der Waals surface area contributed by atoms with E-state index in [1.807, 2.05) is 0 Å². The van der Waals surface area contributed by atoms with E-state index in [-0.39, 0.29) is 16.2 Å². The van der Waals surface area contributed by atoms with Crippen molar-refractivity contribution in [1.29, 1.82) is 0 Å². The molecule has 0 radical (unpaired) electrons. The summed E-state index contributed by atoms with van der Waals surface area (Å²) in [7, 11) is 0. The van der Waals surface area contributed by atoms with E-state index in [0.29, 0.717) is 20.9 Å². The maximum atomic E-state index is 11.6. The number of rotatable bonds is 4. The van der Waals surface area contributed by atoms with E-state index >= 15 is 0 Å². The Hall–Kier alpha value is -2.64. The Bertz CT molecular complexity index is 921. The first-order valence-corrected chi connectivity index (χ1v) is 7.54. The number of carboxylic acid groups (broad SMARTS) is 1. The SMILES string of the molecule is NC(=O)c1sc2cncc(Oc3ccc(Cl)cc3)c2c1C(=O)O. The summed E-state index contributed by atoms with van der Waals surface area (Å²) < 4.78 is 6.20. The summed E-state index contributed by atoms with van der Waals surface area (Å²) in [6.07, 6.45) is 2.86. The molecule has 3 aromatic rings. The second-order valence-electron chi connectivity index (χ2n) is 4.54. The number of carboxylic acids is 1. The van der Waals surface area contributed by atoms with Crippen molar-refractivity contribution in [1.82, 2.24) is 4.98 Å². The number of nitrogens with zero attached hydrogens (tertiary/aromatic N) is 1. The molecule has 1 amide bonds. The van der Waals surface area contributed by atoms with Crippen LogP contribution >= 0.6 is 22.9 Å². The highest BCUT2D eigenvalue weighted by molar-refractivity contribution is 7.21. The summed E-state index contributed by atoms with van der Waals surface area (Å²) in [5, 5.41) is 10.3. The van der Waals surface area contributed by atoms with Crippen molar-refractivity contribution >= 4 is 44.9 Å². The Kier molecular flexibility index (Phi) is 3.89. The average Bonchev–Trinajstić information content (AvgIpc) is 2.90. The van der Waals surface area contributed by atoms with Crippen LogP contribution in [-0.4, -0.2) is 22.0 Å². The number of benzene rings is 1. The van der Waals surface area contributed by atoms with Crippen LogP contribution in [0.5, 0.6) is 11.5 Å². The zero-order valence-corrected chi connectivity index (χ0v) is 13.0. The Morgan fingerprint density at radius 2 is 1.91 bits per heavy atom. The van der Waals surface area contributed by atoms with Crippen molar-refractivity contribution in [3.05, 3.63) is 52.1 Å². The van der Waals surface area contributed by atoms with Gasteiger partial charge < -0.3 is 15.6 Å². The molecule has 2 heterocycles. The van der Waals surface area contributed by atoms with Crippen molar-refractivity contribution < 1.29 is 19.4 Å². The number of hydrogen-bond acceptors (Lipinski definition) is 5. The van der Waals surface area contributed by atoms with Gasteiger partial charge in [0.1, 0.15) is 10.6 Å². The van der Waals surface area contributed by atoms with Gasteiger partial charge in [-0.3, -0.25) is 9.78 Å². The number of thiophene rings is 1. The zero-order valence-electron chi connectivity index (χ0n) is 11.4. The van der Waals surface area contributed by atoms with Crippen LogP contribution in [0, 0.1) is 0 Å². The van der Waals surface area contributed by atoms with Crippen molar-refractivity contribution in [3.63, 3.8) is 0 Å². The van der Waals surface area contributed by atoms with Crippen LogP contribution in [0.1, 0.15) is 20.0 Å². The number of pyridine rings is 1. The summed E-state index contributed by atoms with van der Waals surface area (Å²) in [4.78, 5) is 27.0. The van der Waals surface area contributed by atoms with E-state index in [9.17, 15) is 14.7 Å². The van der Waals surface area contributed by atoms with Gasteiger partial charge in [0.05, 0.1) is 21.8 Å². The number of carbonyl (C=O) groups excluding carboxylic acids is 1. The van der Waals surface area contributed by atoms with Gasteiger partial charge >= 0.3 is 5.97 Å². The van der Waals surface area contributed by atoms with Gasteiger partial charge in [-0.25, -0.2) is 4.79 Å². The summed E-state index contributed by atoms with van der Waals surface area (Å²) in [5.74, 6) is -1.36. The monoisotopic (exact) mass is 348 g/mol. The van der Waals surface area contributed by atoms with E-state index in [4.69, 9.17) is 22.1 Å². The summed E-state index contributed by atoms with van der Waals surface area (Å²) in [6, 6.07) is 6.57. The fraction of sp³-hybridized carbons (Fsp3) is 0. The Morgan fingerprint density at radius 1 is 1.22 bits per heavy atom. The quantitative estimate of drug-likeness (QED) is 0.750. The molecule has 1 aromatic carbocycles. The standard InChI is InChI=1S/C15H9ClN2O4S/c16-7-1-3-8(4-2-7)22-9-5-18-6-10-11(9)12(15(20)21)13(23-10)14(17)19/h1-6H,(H2,17,19)(H,20,21). The topological polar surface area (TPSA) is 103 Å². The molecule has 0 saturated heterocycles. The molecule has 116 valence electrons. The van der Waals surface area contributed by atoms with Crippen molar-refractivity contribution in [2.45, 2.75) is 0 Å². The van der Waals surface area contributed by atoms with Crippen LogP contribution in [0.15, 0.2) is 36.7 Å². The normalized spacial score (nSPS) is 10.7. The van der Waals surface area contributed by atoms with E-state index in [0.717, 1.165) is 11.3 Å². The molecule has 0 aliphatic rings. The fourth-order valence-corrected chi connectivity index (χ4v) is 3.26. The van der Waals surface area contributed by atoms with E-state index in [1.54, 1.807) is 24.3 Å². The Morgan fingerprint density at radius 3 is 2.52 bits per heavy atom. The second kappa shape index (κ2) is 5.86. The Balaban J connectivity index is 2.19. The molecule has 0 spiro atoms. The summed E-state index contributed by atoms with van der Waals surface area (Å²) >= 11 is 6.79. The zero-order chi connectivity index (χ0) is 16.6. The molecule has 0 fully saturated rings. The molecule has 3 N–H and O–H groups in total. The number of amides is 1. The third-order valence-electron chi connectivity index (χ3n) is 3.04. The fourth-order valence-electron chi connectivity index (χ4n) is 2.11. The van der Waals surface area contributed by atoms with Gasteiger partial charge in [-0.15, -0.1) is 11.3 Å². The minimum absolute atomic E-state index is 0.0403. The minimum Gasteiger partial charge on any atom is -0.478 e. The minimum atomic E-state index is -1.25. The smallest absolute Gasteiger partial charge is 0.338 e. The highest BCUT2D eigenvalue weighted by Crippen LogP contribution is 2.38. The first-order valence-electron chi connectivity index (χ1n) is 6.34. The highest BCUT2D eigenvalue weighted by atomic mass is 35.5. The molecule has 0 saturated carbocycles. The van der Waals surface area contributed by atoms with Crippen LogP contribution in [0.25, 0.3) is 10.1 Å². The van der Waals surface area contributed by atoms with Gasteiger partial charge in [0.25, 0.3) is 5.91 Å². The predicted molar refractivity (Wildman–Crippen MR) is 86.6 cm³/mol. The number of carbonyl (C=O) groups is 2.